The molecule has 2 heterocycles. The fourth-order valence-corrected chi connectivity index (χ4v) is 2.01. The molecular formula is C10H9ClN2O2S. The van der Waals surface area contributed by atoms with Crippen LogP contribution in [-0.2, 0) is 6.42 Å². The zero-order valence-corrected chi connectivity index (χ0v) is 9.85. The second kappa shape index (κ2) is 5.14. The second-order valence-electron chi connectivity index (χ2n) is 3.09. The molecule has 0 aliphatic rings. The van der Waals surface area contributed by atoms with Crippen LogP contribution in [0.3, 0.4) is 0 Å². The maximum absolute atomic E-state index is 11.6. The first-order valence-corrected chi connectivity index (χ1v) is 5.97. The Morgan fingerprint density at radius 3 is 3.12 bits per heavy atom. The van der Waals surface area contributed by atoms with Gasteiger partial charge in [-0.25, -0.2) is 4.98 Å². The topological polar surface area (TPSA) is 55.1 Å². The Morgan fingerprint density at radius 2 is 2.50 bits per heavy atom. The van der Waals surface area contributed by atoms with Crippen LogP contribution in [0.2, 0.25) is 5.22 Å². The molecule has 0 atom stereocenters. The van der Waals surface area contributed by atoms with Gasteiger partial charge in [0.1, 0.15) is 0 Å². The third-order valence-electron chi connectivity index (χ3n) is 2.01. The molecule has 1 amide bonds. The Kier molecular flexibility index (Phi) is 3.58. The fraction of sp³-hybridized carbons (Fsp3) is 0.200. The van der Waals surface area contributed by atoms with Crippen molar-refractivity contribution in [3.63, 3.8) is 0 Å². The van der Waals surface area contributed by atoms with E-state index in [-0.39, 0.29) is 11.1 Å². The quantitative estimate of drug-likeness (QED) is 0.914. The molecule has 6 heteroatoms. The van der Waals surface area contributed by atoms with Crippen LogP contribution >= 0.6 is 22.9 Å². The molecule has 0 aliphatic heterocycles. The molecule has 4 nitrogen and oxygen atoms in total. The number of carbonyl (C=O) groups excluding carboxylic acids is 1. The van der Waals surface area contributed by atoms with Crippen molar-refractivity contribution in [1.82, 2.24) is 10.3 Å². The van der Waals surface area contributed by atoms with E-state index in [2.05, 4.69) is 10.3 Å². The number of amides is 1. The number of nitrogens with one attached hydrogen (secondary N) is 1. The summed E-state index contributed by atoms with van der Waals surface area (Å²) in [4.78, 5) is 15.7. The monoisotopic (exact) mass is 256 g/mol. The lowest BCUT2D eigenvalue weighted by atomic mass is 10.3. The molecule has 0 saturated heterocycles. The van der Waals surface area contributed by atoms with Crippen molar-refractivity contribution in [2.75, 3.05) is 6.54 Å². The van der Waals surface area contributed by atoms with Crippen LogP contribution < -0.4 is 5.32 Å². The molecule has 1 N–H and O–H groups in total. The second-order valence-corrected chi connectivity index (χ2v) is 4.16. The van der Waals surface area contributed by atoms with E-state index in [1.54, 1.807) is 11.6 Å². The smallest absolute Gasteiger partial charge is 0.256 e. The molecule has 2 aromatic heterocycles. The molecular weight excluding hydrogens is 248 g/mol. The lowest BCUT2D eigenvalue weighted by molar-refractivity contribution is 0.0953. The van der Waals surface area contributed by atoms with Gasteiger partial charge >= 0.3 is 0 Å². The number of hydrogen-bond acceptors (Lipinski definition) is 4. The fourth-order valence-electron chi connectivity index (χ4n) is 1.22. The van der Waals surface area contributed by atoms with Crippen LogP contribution in [0.1, 0.15) is 16.1 Å². The standard InChI is InChI=1S/C10H9ClN2O2S/c11-9-8(2-4-15-9)10(14)12-3-1-7-5-16-6-13-7/h2,4-6H,1,3H2,(H,12,14). The average Bonchev–Trinajstić information content (AvgIpc) is 2.88. The molecule has 0 saturated carbocycles. The minimum atomic E-state index is -0.228. The minimum Gasteiger partial charge on any atom is -0.452 e. The predicted octanol–water partition coefficient (Wildman–Crippen LogP) is 2.36. The van der Waals surface area contributed by atoms with Crippen LogP contribution in [-0.4, -0.2) is 17.4 Å². The van der Waals surface area contributed by atoms with Gasteiger partial charge < -0.3 is 9.73 Å². The highest BCUT2D eigenvalue weighted by molar-refractivity contribution is 7.07. The molecule has 0 aliphatic carbocycles. The van der Waals surface area contributed by atoms with Crippen LogP contribution in [0.5, 0.6) is 0 Å². The highest BCUT2D eigenvalue weighted by Gasteiger charge is 2.11. The van der Waals surface area contributed by atoms with Gasteiger partial charge in [-0.1, -0.05) is 0 Å². The summed E-state index contributed by atoms with van der Waals surface area (Å²) in [5, 5.41) is 4.82. The van der Waals surface area contributed by atoms with Gasteiger partial charge in [-0.05, 0) is 17.7 Å². The van der Waals surface area contributed by atoms with Crippen molar-refractivity contribution in [1.29, 1.82) is 0 Å². The SMILES string of the molecule is O=C(NCCc1cscn1)c1ccoc1Cl. The van der Waals surface area contributed by atoms with Gasteiger partial charge in [0, 0.05) is 18.3 Å². The Morgan fingerprint density at radius 1 is 1.62 bits per heavy atom. The van der Waals surface area contributed by atoms with Crippen molar-refractivity contribution in [3.8, 4) is 0 Å². The van der Waals surface area contributed by atoms with E-state index in [0.717, 1.165) is 5.69 Å². The number of nitrogens with zero attached hydrogens (tertiary/aromatic N) is 1. The maximum atomic E-state index is 11.6. The molecule has 0 fully saturated rings. The molecule has 2 rings (SSSR count). The lowest BCUT2D eigenvalue weighted by Gasteiger charge is -2.01. The summed E-state index contributed by atoms with van der Waals surface area (Å²) in [7, 11) is 0. The number of furan rings is 1. The number of halogens is 1. The molecule has 0 radical (unpaired) electrons. The van der Waals surface area contributed by atoms with Crippen molar-refractivity contribution in [2.24, 2.45) is 0 Å². The normalized spacial score (nSPS) is 10.3. The van der Waals surface area contributed by atoms with E-state index in [9.17, 15) is 4.79 Å². The molecule has 2 aromatic rings. The number of hydrogen-bond donors (Lipinski definition) is 1. The summed E-state index contributed by atoms with van der Waals surface area (Å²) in [6.45, 7) is 0.532. The van der Waals surface area contributed by atoms with Crippen LogP contribution in [0, 0.1) is 0 Å². The van der Waals surface area contributed by atoms with E-state index in [0.29, 0.717) is 18.5 Å². The van der Waals surface area contributed by atoms with Crippen LogP contribution in [0.25, 0.3) is 0 Å². The van der Waals surface area contributed by atoms with E-state index in [1.165, 1.54) is 17.6 Å². The molecule has 0 spiro atoms. The number of aromatic nitrogens is 1. The summed E-state index contributed by atoms with van der Waals surface area (Å²) in [5.41, 5.74) is 3.10. The van der Waals surface area contributed by atoms with Gasteiger partial charge in [-0.2, -0.15) is 0 Å². The van der Waals surface area contributed by atoms with Crippen molar-refractivity contribution < 1.29 is 9.21 Å². The van der Waals surface area contributed by atoms with E-state index in [1.807, 2.05) is 5.38 Å². The van der Waals surface area contributed by atoms with Gasteiger partial charge in [0.25, 0.3) is 5.91 Å². The average molecular weight is 257 g/mol. The summed E-state index contributed by atoms with van der Waals surface area (Å²) in [5.74, 6) is -0.228. The van der Waals surface area contributed by atoms with Crippen LogP contribution in [0.15, 0.2) is 27.6 Å². The van der Waals surface area contributed by atoms with Gasteiger partial charge in [0.15, 0.2) is 0 Å². The van der Waals surface area contributed by atoms with Gasteiger partial charge in [-0.3, -0.25) is 4.79 Å². The van der Waals surface area contributed by atoms with Crippen molar-refractivity contribution in [2.45, 2.75) is 6.42 Å². The first-order chi connectivity index (χ1) is 7.77. The summed E-state index contributed by atoms with van der Waals surface area (Å²) < 4.78 is 4.83. The summed E-state index contributed by atoms with van der Waals surface area (Å²) >= 11 is 7.21. The van der Waals surface area contributed by atoms with E-state index in [4.69, 9.17) is 16.0 Å². The number of carbonyl (C=O) groups is 1. The third kappa shape index (κ3) is 2.62. The molecule has 84 valence electrons. The van der Waals surface area contributed by atoms with Gasteiger partial charge in [0.2, 0.25) is 5.22 Å². The predicted molar refractivity (Wildman–Crippen MR) is 61.9 cm³/mol. The zero-order chi connectivity index (χ0) is 11.4. The van der Waals surface area contributed by atoms with Crippen molar-refractivity contribution in [3.05, 3.63) is 39.7 Å². The summed E-state index contributed by atoms with van der Waals surface area (Å²) in [6.07, 6.45) is 2.10. The molecule has 16 heavy (non-hydrogen) atoms. The number of thiazole rings is 1. The minimum absolute atomic E-state index is 0.117. The molecule has 0 bridgehead atoms. The summed E-state index contributed by atoms with van der Waals surface area (Å²) in [6, 6.07) is 1.54. The van der Waals surface area contributed by atoms with Gasteiger partial charge in [0.05, 0.1) is 23.0 Å². The highest BCUT2D eigenvalue weighted by atomic mass is 35.5. The van der Waals surface area contributed by atoms with E-state index >= 15 is 0 Å². The maximum Gasteiger partial charge on any atom is 0.256 e. The third-order valence-corrected chi connectivity index (χ3v) is 2.94. The first kappa shape index (κ1) is 11.2. The molecule has 0 aromatic carbocycles. The Balaban J connectivity index is 1.83. The molecule has 0 unspecified atom stereocenters. The Hall–Kier alpha value is -1.33. The zero-order valence-electron chi connectivity index (χ0n) is 8.27. The Labute approximate surface area is 101 Å². The lowest BCUT2D eigenvalue weighted by Crippen LogP contribution is -2.25. The first-order valence-electron chi connectivity index (χ1n) is 4.65. The van der Waals surface area contributed by atoms with Gasteiger partial charge in [-0.15, -0.1) is 11.3 Å². The number of rotatable bonds is 4. The van der Waals surface area contributed by atoms with E-state index < -0.39 is 0 Å². The highest BCUT2D eigenvalue weighted by Crippen LogP contribution is 2.16. The van der Waals surface area contributed by atoms with Crippen LogP contribution in [0.4, 0.5) is 0 Å². The largest absolute Gasteiger partial charge is 0.452 e. The Bertz CT molecular complexity index is 467. The van der Waals surface area contributed by atoms with Crippen molar-refractivity contribution >= 4 is 28.8 Å².